The van der Waals surface area contributed by atoms with Crippen LogP contribution in [0.5, 0.6) is 0 Å². The van der Waals surface area contributed by atoms with Crippen LogP contribution in [-0.2, 0) is 4.74 Å². The van der Waals surface area contributed by atoms with Crippen LogP contribution in [0.1, 0.15) is 24.8 Å². The third-order valence-corrected chi connectivity index (χ3v) is 9.73. The number of hydrogen-bond acceptors (Lipinski definition) is 11. The molecule has 11 heteroatoms. The van der Waals surface area contributed by atoms with Gasteiger partial charge >= 0.3 is 0 Å². The van der Waals surface area contributed by atoms with Gasteiger partial charge < -0.3 is 19.7 Å². The van der Waals surface area contributed by atoms with E-state index in [2.05, 4.69) is 81.1 Å². The molecule has 0 unspecified atom stereocenters. The number of rotatable bonds is 12. The average Bonchev–Trinajstić information content (AvgIpc) is 3.54. The molecule has 2 aromatic carbocycles. The molecule has 232 valence electrons. The van der Waals surface area contributed by atoms with E-state index in [0.717, 1.165) is 88.3 Å². The van der Waals surface area contributed by atoms with Crippen molar-refractivity contribution in [1.82, 2.24) is 24.8 Å². The first-order valence-electron chi connectivity index (χ1n) is 15.2. The van der Waals surface area contributed by atoms with Gasteiger partial charge in [0.15, 0.2) is 0 Å². The van der Waals surface area contributed by atoms with E-state index >= 15 is 0 Å². The van der Waals surface area contributed by atoms with E-state index in [1.165, 1.54) is 0 Å². The van der Waals surface area contributed by atoms with Crippen LogP contribution in [0.3, 0.4) is 0 Å². The summed E-state index contributed by atoms with van der Waals surface area (Å²) in [5, 5.41) is 4.42. The van der Waals surface area contributed by atoms with Crippen molar-refractivity contribution >= 4 is 46.4 Å². The molecule has 1 aliphatic rings. The minimum Gasteiger partial charge on any atom is -0.383 e. The van der Waals surface area contributed by atoms with Crippen molar-refractivity contribution in [1.29, 1.82) is 0 Å². The fourth-order valence-corrected chi connectivity index (χ4v) is 6.75. The normalized spacial score (nSPS) is 13.7. The molecule has 5 aromatic rings. The number of thiazole rings is 1. The van der Waals surface area contributed by atoms with E-state index in [9.17, 15) is 0 Å². The fourth-order valence-electron chi connectivity index (χ4n) is 5.03. The Morgan fingerprint density at radius 3 is 2.51 bits per heavy atom. The molecule has 2 N–H and O–H groups in total. The molecule has 1 fully saturated rings. The molecule has 0 atom stereocenters. The molecule has 3 aromatic heterocycles. The highest BCUT2D eigenvalue weighted by molar-refractivity contribution is 8.00. The number of methoxy groups -OCH3 is 1. The summed E-state index contributed by atoms with van der Waals surface area (Å²) in [5.41, 5.74) is 4.66. The molecule has 4 heterocycles. The number of pyridine rings is 1. The summed E-state index contributed by atoms with van der Waals surface area (Å²) in [5.74, 6) is 1.81. The summed E-state index contributed by atoms with van der Waals surface area (Å²) < 4.78 is 8.69. The molecule has 0 radical (unpaired) electrons. The van der Waals surface area contributed by atoms with E-state index in [1.54, 1.807) is 36.6 Å². The average molecular weight is 639 g/mol. The predicted octanol–water partition coefficient (Wildman–Crippen LogP) is 7.42. The lowest BCUT2D eigenvalue weighted by atomic mass is 10.1. The third-order valence-electron chi connectivity index (χ3n) is 7.50. The highest BCUT2D eigenvalue weighted by atomic mass is 32.2. The van der Waals surface area contributed by atoms with Crippen LogP contribution in [0.2, 0.25) is 0 Å². The van der Waals surface area contributed by atoms with Gasteiger partial charge in [0, 0.05) is 68.1 Å². The monoisotopic (exact) mass is 638 g/mol. The largest absolute Gasteiger partial charge is 0.383 e. The summed E-state index contributed by atoms with van der Waals surface area (Å²) in [7, 11) is 1.75. The Kier molecular flexibility index (Phi) is 10.2. The zero-order valence-electron chi connectivity index (χ0n) is 25.8. The van der Waals surface area contributed by atoms with Crippen LogP contribution < -0.4 is 14.9 Å². The Morgan fingerprint density at radius 2 is 1.76 bits per heavy atom. The SMILES string of the molecule is COCCN1CCN(c2ccc(Nc3nccc(-c4sc(C(C)C)nc4-c4cccc(NSc5ccccc5)c4)n3)cn2)CC1. The van der Waals surface area contributed by atoms with Crippen molar-refractivity contribution in [2.45, 2.75) is 24.7 Å². The molecular formula is C34H38N8OS2. The lowest BCUT2D eigenvalue weighted by molar-refractivity contribution is 0.144. The van der Waals surface area contributed by atoms with Crippen LogP contribution in [0.15, 0.2) is 90.1 Å². The first-order valence-corrected chi connectivity index (χ1v) is 16.8. The summed E-state index contributed by atoms with van der Waals surface area (Å²) >= 11 is 3.28. The number of aromatic nitrogens is 4. The molecule has 1 saturated heterocycles. The first kappa shape index (κ1) is 31.0. The van der Waals surface area contributed by atoms with Crippen molar-refractivity contribution in [2.75, 3.05) is 61.4 Å². The number of ether oxygens (including phenoxy) is 1. The Labute approximate surface area is 273 Å². The molecule has 0 saturated carbocycles. The zero-order valence-corrected chi connectivity index (χ0v) is 27.4. The zero-order chi connectivity index (χ0) is 31.0. The summed E-state index contributed by atoms with van der Waals surface area (Å²) in [6, 6.07) is 24.7. The Morgan fingerprint density at radius 1 is 0.911 bits per heavy atom. The number of piperazine rings is 1. The smallest absolute Gasteiger partial charge is 0.227 e. The van der Waals surface area contributed by atoms with Gasteiger partial charge in [-0.15, -0.1) is 11.3 Å². The molecule has 6 rings (SSSR count). The van der Waals surface area contributed by atoms with Gasteiger partial charge in [-0.1, -0.05) is 44.2 Å². The molecule has 0 bridgehead atoms. The molecule has 45 heavy (non-hydrogen) atoms. The number of nitrogens with one attached hydrogen (secondary N) is 2. The van der Waals surface area contributed by atoms with E-state index < -0.39 is 0 Å². The second-order valence-corrected chi connectivity index (χ2v) is 13.0. The number of hydrogen-bond donors (Lipinski definition) is 2. The van der Waals surface area contributed by atoms with E-state index in [1.807, 2.05) is 36.5 Å². The van der Waals surface area contributed by atoms with Crippen LogP contribution in [0.4, 0.5) is 23.1 Å². The maximum Gasteiger partial charge on any atom is 0.227 e. The quantitative estimate of drug-likeness (QED) is 0.135. The second kappa shape index (κ2) is 14.8. The maximum absolute atomic E-state index is 5.22. The molecule has 1 aliphatic heterocycles. The Hall–Kier alpha value is -4.03. The third kappa shape index (κ3) is 7.98. The number of anilines is 4. The van der Waals surface area contributed by atoms with Crippen molar-refractivity contribution in [2.24, 2.45) is 0 Å². The predicted molar refractivity (Wildman–Crippen MR) is 187 cm³/mol. The van der Waals surface area contributed by atoms with Gasteiger partial charge in [0.2, 0.25) is 5.95 Å². The maximum atomic E-state index is 5.22. The summed E-state index contributed by atoms with van der Waals surface area (Å²) in [6.45, 7) is 10.0. The Bertz CT molecular complexity index is 1670. The van der Waals surface area contributed by atoms with Crippen LogP contribution in [0, 0.1) is 0 Å². The first-order chi connectivity index (χ1) is 22.1. The molecule has 0 spiro atoms. The molecule has 0 amide bonds. The highest BCUT2D eigenvalue weighted by Crippen LogP contribution is 2.39. The van der Waals surface area contributed by atoms with Crippen molar-refractivity contribution in [3.63, 3.8) is 0 Å². The Balaban J connectivity index is 1.17. The van der Waals surface area contributed by atoms with Gasteiger partial charge in [-0.05, 0) is 54.4 Å². The van der Waals surface area contributed by atoms with Crippen LogP contribution >= 0.6 is 23.3 Å². The summed E-state index contributed by atoms with van der Waals surface area (Å²) in [4.78, 5) is 26.2. The molecule has 9 nitrogen and oxygen atoms in total. The standard InChI is InChI=1S/C34H38N8OS2/c1-24(2)33-39-31(25-8-7-9-26(22-25)40-45-28-10-5-4-6-11-28)32(44-33)29-14-15-35-34(38-29)37-27-12-13-30(36-23-27)42-18-16-41(17-19-42)20-21-43-3/h4-15,22-24,40H,16-21H2,1-3H3,(H,35,37,38). The minimum absolute atomic E-state index is 0.301. The van der Waals surface area contributed by atoms with E-state index in [-0.39, 0.29) is 0 Å². The van der Waals surface area contributed by atoms with Gasteiger partial charge in [0.25, 0.3) is 0 Å². The van der Waals surface area contributed by atoms with Crippen molar-refractivity contribution < 1.29 is 4.74 Å². The minimum atomic E-state index is 0.301. The van der Waals surface area contributed by atoms with Gasteiger partial charge in [-0.2, -0.15) is 0 Å². The number of benzene rings is 2. The lowest BCUT2D eigenvalue weighted by Gasteiger charge is -2.35. The second-order valence-electron chi connectivity index (χ2n) is 11.1. The lowest BCUT2D eigenvalue weighted by Crippen LogP contribution is -2.47. The van der Waals surface area contributed by atoms with Gasteiger partial charge in [-0.25, -0.2) is 19.9 Å². The van der Waals surface area contributed by atoms with Crippen molar-refractivity contribution in [3.05, 3.63) is 90.2 Å². The van der Waals surface area contributed by atoms with Crippen LogP contribution in [-0.4, -0.2) is 71.3 Å². The molecule has 0 aliphatic carbocycles. The van der Waals surface area contributed by atoms with Gasteiger partial charge in [-0.3, -0.25) is 4.90 Å². The van der Waals surface area contributed by atoms with Crippen molar-refractivity contribution in [3.8, 4) is 21.8 Å². The highest BCUT2D eigenvalue weighted by Gasteiger charge is 2.20. The number of nitrogens with zero attached hydrogens (tertiary/aromatic N) is 6. The summed E-state index contributed by atoms with van der Waals surface area (Å²) in [6.07, 6.45) is 3.65. The van der Waals surface area contributed by atoms with Crippen LogP contribution in [0.25, 0.3) is 21.8 Å². The molecular weight excluding hydrogens is 601 g/mol. The van der Waals surface area contributed by atoms with Gasteiger partial charge in [0.1, 0.15) is 5.82 Å². The van der Waals surface area contributed by atoms with E-state index in [4.69, 9.17) is 19.7 Å². The fraction of sp³-hybridized carbons (Fsp3) is 0.294. The van der Waals surface area contributed by atoms with E-state index in [0.29, 0.717) is 11.9 Å². The topological polar surface area (TPSA) is 91.3 Å². The van der Waals surface area contributed by atoms with Gasteiger partial charge in [0.05, 0.1) is 39.8 Å².